The van der Waals surface area contributed by atoms with Crippen molar-refractivity contribution in [3.63, 3.8) is 0 Å². The van der Waals surface area contributed by atoms with E-state index < -0.39 is 4.92 Å². The molecule has 4 N–H and O–H groups in total. The fraction of sp³-hybridized carbons (Fsp3) is 0.231. The Morgan fingerprint density at radius 3 is 1.49 bits per heavy atom. The number of halogens is 2. The van der Waals surface area contributed by atoms with Gasteiger partial charge in [-0.05, 0) is 69.6 Å². The number of fused-ring (bicyclic) bond motifs is 2. The number of hydrogen-bond donors (Lipinski definition) is 3. The van der Waals surface area contributed by atoms with Crippen LogP contribution in [0, 0.1) is 21.7 Å². The molecule has 8 aromatic rings. The van der Waals surface area contributed by atoms with Gasteiger partial charge in [-0.1, -0.05) is 60.7 Å². The molecule has 2 heterocycles. The average Bonchev–Trinajstić information content (AvgIpc) is 3.34. The largest absolute Gasteiger partial charge is 0.494 e. The van der Waals surface area contributed by atoms with E-state index in [1.165, 1.54) is 37.4 Å². The third kappa shape index (κ3) is 11.9. The molecule has 8 rings (SSSR count). The second-order valence-electron chi connectivity index (χ2n) is 17.0. The standard InChI is InChI=1S/C26H27FN6O3.C26H29FN6O/c1-31(2)11-12-32(3)22-15-24(36-4)21(14-23(22)33(34)35)29-26-28-16-18-8-6-10-20(25(18)30-26)17-7-5-9-19(27)13-17;1-32(2)11-12-33(3)23-15-24(34-4)22(14-21(23)28)30-26-29-16-18-8-6-10-20(25(18)31-26)17-7-5-9-19(27)13-17/h5-10,13-16H,11-12H2,1-4H3,(H,28,29,30);5-10,13-16H,11-12,28H2,1-4H3,(H,29,30,31). The van der Waals surface area contributed by atoms with Crippen LogP contribution in [-0.2, 0) is 0 Å². The molecule has 18 heteroatoms. The van der Waals surface area contributed by atoms with Crippen LogP contribution < -0.4 is 35.6 Å². The van der Waals surface area contributed by atoms with E-state index in [-0.39, 0.29) is 23.3 Å². The first-order chi connectivity index (χ1) is 33.6. The van der Waals surface area contributed by atoms with Crippen LogP contribution in [0.5, 0.6) is 11.5 Å². The third-order valence-corrected chi connectivity index (χ3v) is 11.4. The first-order valence-corrected chi connectivity index (χ1v) is 22.3. The summed E-state index contributed by atoms with van der Waals surface area (Å²) in [5.41, 5.74) is 13.6. The highest BCUT2D eigenvalue weighted by atomic mass is 19.1. The van der Waals surface area contributed by atoms with Crippen molar-refractivity contribution in [2.45, 2.75) is 0 Å². The Hall–Kier alpha value is -8.22. The fourth-order valence-corrected chi connectivity index (χ4v) is 7.65. The summed E-state index contributed by atoms with van der Waals surface area (Å²) in [4.78, 5) is 37.7. The minimum atomic E-state index is -0.421. The van der Waals surface area contributed by atoms with Crippen LogP contribution >= 0.6 is 0 Å². The number of para-hydroxylation sites is 2. The molecule has 70 heavy (non-hydrogen) atoms. The second kappa shape index (κ2) is 22.3. The Balaban J connectivity index is 0.000000207. The maximum atomic E-state index is 13.9. The predicted molar refractivity (Wildman–Crippen MR) is 277 cm³/mol. The molecule has 0 saturated heterocycles. The molecule has 362 valence electrons. The van der Waals surface area contributed by atoms with Crippen molar-refractivity contribution in [3.05, 3.63) is 143 Å². The van der Waals surface area contributed by atoms with E-state index in [1.54, 1.807) is 44.8 Å². The van der Waals surface area contributed by atoms with E-state index in [0.717, 1.165) is 58.3 Å². The number of nitrogen functional groups attached to an aromatic ring is 1. The van der Waals surface area contributed by atoms with Crippen molar-refractivity contribution in [2.24, 2.45) is 0 Å². The van der Waals surface area contributed by atoms with Gasteiger partial charge in [0.2, 0.25) is 11.9 Å². The summed E-state index contributed by atoms with van der Waals surface area (Å²) in [6.45, 7) is 3.05. The van der Waals surface area contributed by atoms with Gasteiger partial charge in [0.15, 0.2) is 0 Å². The lowest BCUT2D eigenvalue weighted by Crippen LogP contribution is -2.29. The van der Waals surface area contributed by atoms with Gasteiger partial charge in [0.1, 0.15) is 28.8 Å². The van der Waals surface area contributed by atoms with Crippen LogP contribution in [0.1, 0.15) is 0 Å². The Morgan fingerprint density at radius 1 is 0.600 bits per heavy atom. The van der Waals surface area contributed by atoms with Crippen molar-refractivity contribution in [1.29, 1.82) is 0 Å². The Kier molecular flexibility index (Phi) is 15.8. The van der Waals surface area contributed by atoms with Gasteiger partial charge >= 0.3 is 0 Å². The quantitative estimate of drug-likeness (QED) is 0.0446. The van der Waals surface area contributed by atoms with Crippen LogP contribution in [0.25, 0.3) is 44.1 Å². The summed E-state index contributed by atoms with van der Waals surface area (Å²) in [5.74, 6) is 1.02. The van der Waals surface area contributed by atoms with E-state index in [9.17, 15) is 18.9 Å². The molecule has 0 aliphatic heterocycles. The van der Waals surface area contributed by atoms with E-state index in [4.69, 9.17) is 20.2 Å². The molecule has 0 fully saturated rings. The summed E-state index contributed by atoms with van der Waals surface area (Å²) in [6.07, 6.45) is 3.39. The number of nitrogens with one attached hydrogen (secondary N) is 2. The van der Waals surface area contributed by atoms with Crippen molar-refractivity contribution in [3.8, 4) is 33.8 Å². The van der Waals surface area contributed by atoms with E-state index in [1.807, 2.05) is 106 Å². The normalized spacial score (nSPS) is 11.1. The number of benzene rings is 6. The molecule has 6 aromatic carbocycles. The zero-order valence-corrected chi connectivity index (χ0v) is 40.4. The number of likely N-dealkylation sites (N-methyl/N-ethyl adjacent to an activating group) is 4. The number of nitrogens with zero attached hydrogens (tertiary/aromatic N) is 9. The van der Waals surface area contributed by atoms with Gasteiger partial charge in [-0.3, -0.25) is 10.1 Å². The number of hydrogen-bond acceptors (Lipinski definition) is 15. The SMILES string of the molecule is COc1cc(N(C)CCN(C)C)c(N)cc1Nc1ncc2cccc(-c3cccc(F)c3)c2n1.COc1cc(N(C)CCN(C)C)c([N+](=O)[O-])cc1Nc1ncc2cccc(-c3cccc(F)c3)c2n1. The van der Waals surface area contributed by atoms with Crippen molar-refractivity contribution in [2.75, 3.05) is 109 Å². The van der Waals surface area contributed by atoms with Gasteiger partial charge in [-0.15, -0.1) is 0 Å². The topological polar surface area (TPSA) is 176 Å². The highest BCUT2D eigenvalue weighted by Gasteiger charge is 2.23. The number of nitro benzene ring substituents is 1. The zero-order valence-electron chi connectivity index (χ0n) is 40.4. The lowest BCUT2D eigenvalue weighted by molar-refractivity contribution is -0.384. The molecule has 0 aliphatic rings. The summed E-state index contributed by atoms with van der Waals surface area (Å²) in [7, 11) is 14.9. The second-order valence-corrected chi connectivity index (χ2v) is 17.0. The number of anilines is 7. The van der Waals surface area contributed by atoms with Gasteiger partial charge in [0.05, 0.1) is 52.9 Å². The molecule has 0 amide bonds. The molecule has 0 aliphatic carbocycles. The fourth-order valence-electron chi connectivity index (χ4n) is 7.65. The monoisotopic (exact) mass is 950 g/mol. The number of ether oxygens (including phenoxy) is 2. The lowest BCUT2D eigenvalue weighted by atomic mass is 10.0. The van der Waals surface area contributed by atoms with Crippen molar-refractivity contribution in [1.82, 2.24) is 29.7 Å². The number of methoxy groups -OCH3 is 2. The molecule has 0 radical (unpaired) electrons. The smallest absolute Gasteiger partial charge is 0.294 e. The molecule has 16 nitrogen and oxygen atoms in total. The van der Waals surface area contributed by atoms with E-state index in [0.29, 0.717) is 57.8 Å². The maximum absolute atomic E-state index is 13.9. The van der Waals surface area contributed by atoms with E-state index in [2.05, 4.69) is 35.4 Å². The van der Waals surface area contributed by atoms with Crippen LogP contribution in [0.4, 0.5) is 54.8 Å². The lowest BCUT2D eigenvalue weighted by Gasteiger charge is -2.24. The molecule has 0 atom stereocenters. The molecule has 2 aromatic heterocycles. The third-order valence-electron chi connectivity index (χ3n) is 11.4. The molecule has 0 bridgehead atoms. The first kappa shape index (κ1) is 49.7. The molecule has 0 unspecified atom stereocenters. The number of aromatic nitrogens is 4. The van der Waals surface area contributed by atoms with Crippen molar-refractivity contribution >= 4 is 67.8 Å². The summed E-state index contributed by atoms with van der Waals surface area (Å²) >= 11 is 0. The highest BCUT2D eigenvalue weighted by molar-refractivity contribution is 5.95. The Morgan fingerprint density at radius 2 is 1.04 bits per heavy atom. The maximum Gasteiger partial charge on any atom is 0.294 e. The summed E-state index contributed by atoms with van der Waals surface area (Å²) in [6, 6.07) is 30.9. The van der Waals surface area contributed by atoms with Gasteiger partial charge in [-0.2, -0.15) is 0 Å². The van der Waals surface area contributed by atoms with Gasteiger partial charge in [0, 0.05) is 92.8 Å². The van der Waals surface area contributed by atoms with Crippen LogP contribution in [-0.4, -0.2) is 117 Å². The van der Waals surface area contributed by atoms with Crippen molar-refractivity contribution < 1.29 is 23.2 Å². The minimum absolute atomic E-state index is 0.0687. The molecular weight excluding hydrogens is 895 g/mol. The Labute approximate surface area is 405 Å². The predicted octanol–water partition coefficient (Wildman–Crippen LogP) is 9.86. The van der Waals surface area contributed by atoms with Gasteiger partial charge in [0.25, 0.3) is 5.69 Å². The molecule has 0 spiro atoms. The zero-order chi connectivity index (χ0) is 50.1. The van der Waals surface area contributed by atoms with Crippen LogP contribution in [0.15, 0.2) is 122 Å². The first-order valence-electron chi connectivity index (χ1n) is 22.3. The summed E-state index contributed by atoms with van der Waals surface area (Å²) < 4.78 is 38.9. The van der Waals surface area contributed by atoms with Crippen LogP contribution in [0.3, 0.4) is 0 Å². The number of nitro groups is 1. The molecule has 0 saturated carbocycles. The molecular formula is C52H56F2N12O4. The highest BCUT2D eigenvalue weighted by Crippen LogP contribution is 2.40. The number of rotatable bonds is 17. The Bertz CT molecular complexity index is 3140. The van der Waals surface area contributed by atoms with E-state index >= 15 is 0 Å². The average molecular weight is 951 g/mol. The van der Waals surface area contributed by atoms with Gasteiger partial charge in [-0.25, -0.2) is 28.7 Å². The number of nitrogens with two attached hydrogens (primary N) is 1. The van der Waals surface area contributed by atoms with Crippen LogP contribution in [0.2, 0.25) is 0 Å². The summed E-state index contributed by atoms with van der Waals surface area (Å²) in [5, 5.41) is 19.8. The minimum Gasteiger partial charge on any atom is -0.494 e. The van der Waals surface area contributed by atoms with Gasteiger partial charge < -0.3 is 45.4 Å².